The highest BCUT2D eigenvalue weighted by Gasteiger charge is 2.15. The Morgan fingerprint density at radius 3 is 2.48 bits per heavy atom. The van der Waals surface area contributed by atoms with E-state index in [1.807, 2.05) is 32.0 Å². The van der Waals surface area contributed by atoms with Gasteiger partial charge in [0, 0.05) is 11.8 Å². The summed E-state index contributed by atoms with van der Waals surface area (Å²) >= 11 is 0. The molecule has 1 aromatic heterocycles. The summed E-state index contributed by atoms with van der Waals surface area (Å²) in [6, 6.07) is 8.73. The van der Waals surface area contributed by atoms with Gasteiger partial charge in [0.1, 0.15) is 17.8 Å². The average molecular weight is 372 g/mol. The smallest absolute Gasteiger partial charge is 0.274 e. The summed E-state index contributed by atoms with van der Waals surface area (Å²) in [5, 5.41) is 5.25. The van der Waals surface area contributed by atoms with Crippen molar-refractivity contribution in [1.82, 2.24) is 9.97 Å². The topological polar surface area (TPSA) is 66.9 Å². The lowest BCUT2D eigenvalue weighted by molar-refractivity contribution is 0.102. The van der Waals surface area contributed by atoms with E-state index in [4.69, 9.17) is 0 Å². The number of hydrogen-bond donors (Lipinski definition) is 2. The van der Waals surface area contributed by atoms with Crippen LogP contribution >= 0.6 is 0 Å². The molecule has 0 aliphatic rings. The van der Waals surface area contributed by atoms with Crippen LogP contribution in [0.1, 0.15) is 21.6 Å². The van der Waals surface area contributed by atoms with Crippen LogP contribution in [0, 0.1) is 31.3 Å². The molecule has 5 nitrogen and oxygen atoms in total. The van der Waals surface area contributed by atoms with E-state index >= 15 is 0 Å². The van der Waals surface area contributed by atoms with Crippen molar-refractivity contribution in [2.24, 2.45) is 0 Å². The minimum absolute atomic E-state index is 0.0244. The van der Waals surface area contributed by atoms with Crippen LogP contribution in [0.25, 0.3) is 0 Å². The Hall–Kier alpha value is -3.42. The zero-order valence-electron chi connectivity index (χ0n) is 14.5. The van der Waals surface area contributed by atoms with E-state index in [2.05, 4.69) is 20.6 Å². The van der Waals surface area contributed by atoms with E-state index in [0.29, 0.717) is 5.69 Å². The van der Waals surface area contributed by atoms with Gasteiger partial charge in [0.25, 0.3) is 5.91 Å². The first-order valence-electron chi connectivity index (χ1n) is 7.96. The van der Waals surface area contributed by atoms with Gasteiger partial charge in [-0.3, -0.25) is 4.79 Å². The maximum Gasteiger partial charge on any atom is 0.274 e. The monoisotopic (exact) mass is 372 g/mol. The van der Waals surface area contributed by atoms with Gasteiger partial charge in [-0.2, -0.15) is 0 Å². The quantitative estimate of drug-likeness (QED) is 0.662. The Labute approximate surface area is 153 Å². The molecular formula is C19H15F3N4O. The number of aromatic nitrogens is 2. The molecule has 0 spiro atoms. The number of anilines is 3. The van der Waals surface area contributed by atoms with E-state index in [1.165, 1.54) is 6.07 Å². The standard InChI is InChI=1S/C19H15F3N4O/c1-10-3-4-11(2)14(7-10)26-19(27)15-8-16(24-9-23-15)25-13-6-5-12(20)17(21)18(13)22/h3-9H,1-2H3,(H,26,27)(H,23,24,25). The fraction of sp³-hybridized carbons (Fsp3) is 0.105. The molecule has 0 aliphatic heterocycles. The molecule has 0 bridgehead atoms. The molecule has 0 aliphatic carbocycles. The SMILES string of the molecule is Cc1ccc(C)c(NC(=O)c2cc(Nc3ccc(F)c(F)c3F)ncn2)c1. The minimum atomic E-state index is -1.60. The molecule has 2 N–H and O–H groups in total. The van der Waals surface area contributed by atoms with Gasteiger partial charge in [-0.15, -0.1) is 0 Å². The molecule has 0 fully saturated rings. The molecule has 0 atom stereocenters. The van der Waals surface area contributed by atoms with Crippen LogP contribution in [0.3, 0.4) is 0 Å². The van der Waals surface area contributed by atoms with E-state index in [1.54, 1.807) is 0 Å². The zero-order valence-corrected chi connectivity index (χ0v) is 14.5. The Bertz CT molecular complexity index is 1020. The summed E-state index contributed by atoms with van der Waals surface area (Å²) in [5.41, 5.74) is 2.21. The lowest BCUT2D eigenvalue weighted by Gasteiger charge is -2.10. The first kappa shape index (κ1) is 18.4. The summed E-state index contributed by atoms with van der Waals surface area (Å²) < 4.78 is 40.1. The highest BCUT2D eigenvalue weighted by atomic mass is 19.2. The highest BCUT2D eigenvalue weighted by Crippen LogP contribution is 2.23. The molecular weight excluding hydrogens is 357 g/mol. The minimum Gasteiger partial charge on any atom is -0.338 e. The van der Waals surface area contributed by atoms with Crippen LogP contribution in [-0.2, 0) is 0 Å². The summed E-state index contributed by atoms with van der Waals surface area (Å²) in [6.45, 7) is 3.76. The van der Waals surface area contributed by atoms with Crippen LogP contribution in [0.4, 0.5) is 30.4 Å². The van der Waals surface area contributed by atoms with Crippen molar-refractivity contribution in [3.63, 3.8) is 0 Å². The van der Waals surface area contributed by atoms with Gasteiger partial charge in [0.15, 0.2) is 17.5 Å². The molecule has 3 aromatic rings. The summed E-state index contributed by atoms with van der Waals surface area (Å²) in [7, 11) is 0. The Morgan fingerprint density at radius 2 is 1.70 bits per heavy atom. The van der Waals surface area contributed by atoms with Crippen molar-refractivity contribution in [3.05, 3.63) is 77.0 Å². The van der Waals surface area contributed by atoms with Crippen LogP contribution in [0.5, 0.6) is 0 Å². The van der Waals surface area contributed by atoms with E-state index < -0.39 is 23.4 Å². The Morgan fingerprint density at radius 1 is 0.926 bits per heavy atom. The van der Waals surface area contributed by atoms with E-state index in [0.717, 1.165) is 29.6 Å². The predicted octanol–water partition coefficient (Wildman–Crippen LogP) is 4.51. The maximum atomic E-state index is 13.8. The van der Waals surface area contributed by atoms with Gasteiger partial charge in [-0.25, -0.2) is 23.1 Å². The average Bonchev–Trinajstić information content (AvgIpc) is 2.65. The Balaban J connectivity index is 1.82. The number of hydrogen-bond acceptors (Lipinski definition) is 4. The van der Waals surface area contributed by atoms with Gasteiger partial charge in [0.05, 0.1) is 5.69 Å². The summed E-state index contributed by atoms with van der Waals surface area (Å²) in [5.74, 6) is -4.70. The number of halogens is 3. The largest absolute Gasteiger partial charge is 0.338 e. The predicted molar refractivity (Wildman–Crippen MR) is 95.5 cm³/mol. The van der Waals surface area contributed by atoms with Crippen molar-refractivity contribution in [1.29, 1.82) is 0 Å². The van der Waals surface area contributed by atoms with Gasteiger partial charge >= 0.3 is 0 Å². The molecule has 138 valence electrons. The molecule has 0 saturated carbocycles. The second-order valence-corrected chi connectivity index (χ2v) is 5.91. The van der Waals surface area contributed by atoms with Crippen molar-refractivity contribution in [2.75, 3.05) is 10.6 Å². The second kappa shape index (κ2) is 7.45. The van der Waals surface area contributed by atoms with E-state index in [-0.39, 0.29) is 17.2 Å². The number of benzene rings is 2. The lowest BCUT2D eigenvalue weighted by atomic mass is 10.1. The van der Waals surface area contributed by atoms with Crippen molar-refractivity contribution >= 4 is 23.1 Å². The molecule has 8 heteroatoms. The molecule has 1 heterocycles. The number of carbonyl (C=O) groups is 1. The number of amides is 1. The molecule has 2 aromatic carbocycles. The first-order valence-corrected chi connectivity index (χ1v) is 7.96. The third kappa shape index (κ3) is 4.05. The molecule has 27 heavy (non-hydrogen) atoms. The molecule has 0 saturated heterocycles. The normalized spacial score (nSPS) is 10.6. The fourth-order valence-electron chi connectivity index (χ4n) is 2.37. The number of rotatable bonds is 4. The second-order valence-electron chi connectivity index (χ2n) is 5.91. The third-order valence-corrected chi connectivity index (χ3v) is 3.84. The van der Waals surface area contributed by atoms with Gasteiger partial charge in [-0.1, -0.05) is 12.1 Å². The Kier molecular flexibility index (Phi) is 5.07. The molecule has 0 unspecified atom stereocenters. The number of nitrogens with one attached hydrogen (secondary N) is 2. The molecule has 3 rings (SSSR count). The maximum absolute atomic E-state index is 13.8. The van der Waals surface area contributed by atoms with Gasteiger partial charge in [-0.05, 0) is 43.2 Å². The molecule has 0 radical (unpaired) electrons. The van der Waals surface area contributed by atoms with Crippen LogP contribution in [0.15, 0.2) is 42.7 Å². The van der Waals surface area contributed by atoms with Crippen molar-refractivity contribution in [3.8, 4) is 0 Å². The molecule has 1 amide bonds. The van der Waals surface area contributed by atoms with Gasteiger partial charge < -0.3 is 10.6 Å². The van der Waals surface area contributed by atoms with Crippen molar-refractivity contribution < 1.29 is 18.0 Å². The number of aryl methyl sites for hydroxylation is 2. The highest BCUT2D eigenvalue weighted by molar-refractivity contribution is 6.03. The van der Waals surface area contributed by atoms with Crippen LogP contribution in [-0.4, -0.2) is 15.9 Å². The fourth-order valence-corrected chi connectivity index (χ4v) is 2.37. The summed E-state index contributed by atoms with van der Waals surface area (Å²) in [6.07, 6.45) is 1.11. The number of nitrogens with zero attached hydrogens (tertiary/aromatic N) is 2. The van der Waals surface area contributed by atoms with Crippen LogP contribution in [0.2, 0.25) is 0 Å². The lowest BCUT2D eigenvalue weighted by Crippen LogP contribution is -2.15. The third-order valence-electron chi connectivity index (χ3n) is 3.84. The van der Waals surface area contributed by atoms with Crippen molar-refractivity contribution in [2.45, 2.75) is 13.8 Å². The van der Waals surface area contributed by atoms with Gasteiger partial charge in [0.2, 0.25) is 0 Å². The van der Waals surface area contributed by atoms with E-state index in [9.17, 15) is 18.0 Å². The number of carbonyl (C=O) groups excluding carboxylic acids is 1. The zero-order chi connectivity index (χ0) is 19.6. The first-order chi connectivity index (χ1) is 12.8. The summed E-state index contributed by atoms with van der Waals surface area (Å²) in [4.78, 5) is 20.2. The van der Waals surface area contributed by atoms with Crippen LogP contribution < -0.4 is 10.6 Å².